The van der Waals surface area contributed by atoms with E-state index in [0.29, 0.717) is 11.2 Å². The molecule has 0 fully saturated rings. The molecule has 3 rings (SSSR count). The van der Waals surface area contributed by atoms with Crippen molar-refractivity contribution in [1.29, 1.82) is 0 Å². The van der Waals surface area contributed by atoms with Crippen molar-refractivity contribution in [2.75, 3.05) is 11.1 Å². The molecule has 21 heavy (non-hydrogen) atoms. The zero-order chi connectivity index (χ0) is 14.8. The van der Waals surface area contributed by atoms with Gasteiger partial charge in [0.2, 0.25) is 0 Å². The summed E-state index contributed by atoms with van der Waals surface area (Å²) in [4.78, 5) is 20.4. The Balaban J connectivity index is 1.87. The monoisotopic (exact) mass is 282 g/mol. The van der Waals surface area contributed by atoms with Crippen molar-refractivity contribution in [2.24, 2.45) is 0 Å². The van der Waals surface area contributed by atoms with E-state index in [9.17, 15) is 9.18 Å². The molecule has 104 valence electrons. The number of anilines is 2. The summed E-state index contributed by atoms with van der Waals surface area (Å²) in [6.45, 7) is 0. The van der Waals surface area contributed by atoms with E-state index in [0.717, 1.165) is 11.6 Å². The molecule has 0 unspecified atom stereocenters. The average molecular weight is 282 g/mol. The maximum Gasteiger partial charge on any atom is 0.255 e. The summed E-state index contributed by atoms with van der Waals surface area (Å²) < 4.78 is 13.4. The fourth-order valence-electron chi connectivity index (χ4n) is 1.91. The highest BCUT2D eigenvalue weighted by atomic mass is 19.1. The molecule has 0 aliphatic carbocycles. The first-order chi connectivity index (χ1) is 10.1. The molecule has 1 aromatic heterocycles. The van der Waals surface area contributed by atoms with Crippen LogP contribution in [0.2, 0.25) is 0 Å². The third-order valence-electron chi connectivity index (χ3n) is 2.99. The molecule has 3 aromatic rings. The van der Waals surface area contributed by atoms with Gasteiger partial charge >= 0.3 is 0 Å². The van der Waals surface area contributed by atoms with Crippen LogP contribution in [0.25, 0.3) is 11.0 Å². The molecular formula is C15H11FN4O. The number of fused-ring (bicyclic) bond motifs is 1. The molecule has 6 heteroatoms. The van der Waals surface area contributed by atoms with Crippen molar-refractivity contribution in [3.63, 3.8) is 0 Å². The van der Waals surface area contributed by atoms with Crippen LogP contribution in [0.15, 0.2) is 48.8 Å². The average Bonchev–Trinajstić information content (AvgIpc) is 2.50. The highest BCUT2D eigenvalue weighted by molar-refractivity contribution is 6.05. The second-order valence-electron chi connectivity index (χ2n) is 4.45. The number of carbonyl (C=O) groups is 1. The van der Waals surface area contributed by atoms with Crippen LogP contribution in [0.1, 0.15) is 10.4 Å². The zero-order valence-corrected chi connectivity index (χ0v) is 10.9. The third kappa shape index (κ3) is 2.64. The zero-order valence-electron chi connectivity index (χ0n) is 10.9. The van der Waals surface area contributed by atoms with Gasteiger partial charge in [-0.25, -0.2) is 4.39 Å². The number of nitrogen functional groups attached to an aromatic ring is 1. The molecule has 1 heterocycles. The van der Waals surface area contributed by atoms with Crippen molar-refractivity contribution >= 4 is 28.3 Å². The van der Waals surface area contributed by atoms with Gasteiger partial charge in [-0.2, -0.15) is 0 Å². The fraction of sp³-hybridized carbons (Fsp3) is 0. The van der Waals surface area contributed by atoms with Gasteiger partial charge in [-0.05, 0) is 36.4 Å². The molecule has 0 bridgehead atoms. The lowest BCUT2D eigenvalue weighted by atomic mass is 10.1. The topological polar surface area (TPSA) is 80.9 Å². The van der Waals surface area contributed by atoms with Gasteiger partial charge in [0.1, 0.15) is 5.82 Å². The minimum atomic E-state index is -0.618. The van der Waals surface area contributed by atoms with E-state index >= 15 is 0 Å². The molecule has 3 N–H and O–H groups in total. The number of nitrogens with zero attached hydrogens (tertiary/aromatic N) is 2. The normalized spacial score (nSPS) is 10.5. The minimum Gasteiger partial charge on any atom is -0.396 e. The van der Waals surface area contributed by atoms with Gasteiger partial charge in [0, 0.05) is 23.6 Å². The van der Waals surface area contributed by atoms with E-state index in [1.165, 1.54) is 12.1 Å². The van der Waals surface area contributed by atoms with Crippen molar-refractivity contribution in [3.8, 4) is 0 Å². The minimum absolute atomic E-state index is 0.00697. The fourth-order valence-corrected chi connectivity index (χ4v) is 1.91. The van der Waals surface area contributed by atoms with Crippen LogP contribution in [0.5, 0.6) is 0 Å². The number of hydrogen-bond donors (Lipinski definition) is 2. The van der Waals surface area contributed by atoms with Crippen LogP contribution in [-0.2, 0) is 0 Å². The largest absolute Gasteiger partial charge is 0.396 e. The van der Waals surface area contributed by atoms with E-state index in [1.54, 1.807) is 30.6 Å². The van der Waals surface area contributed by atoms with Crippen LogP contribution in [0.4, 0.5) is 15.8 Å². The molecule has 0 aliphatic heterocycles. The van der Waals surface area contributed by atoms with Crippen molar-refractivity contribution in [3.05, 3.63) is 60.2 Å². The molecule has 0 saturated heterocycles. The first-order valence-electron chi connectivity index (χ1n) is 6.20. The second kappa shape index (κ2) is 5.16. The van der Waals surface area contributed by atoms with Crippen LogP contribution >= 0.6 is 0 Å². The van der Waals surface area contributed by atoms with Gasteiger partial charge in [0.05, 0.1) is 16.7 Å². The lowest BCUT2D eigenvalue weighted by Crippen LogP contribution is -2.12. The molecule has 0 saturated carbocycles. The molecule has 2 aromatic carbocycles. The van der Waals surface area contributed by atoms with Gasteiger partial charge in [0.15, 0.2) is 0 Å². The summed E-state index contributed by atoms with van der Waals surface area (Å²) in [6, 6.07) is 9.09. The van der Waals surface area contributed by atoms with Crippen molar-refractivity contribution in [1.82, 2.24) is 9.97 Å². The summed E-state index contributed by atoms with van der Waals surface area (Å²) in [5.74, 6) is -1.04. The second-order valence-corrected chi connectivity index (χ2v) is 4.45. The highest BCUT2D eigenvalue weighted by Crippen LogP contribution is 2.17. The Labute approximate surface area is 119 Å². The van der Waals surface area contributed by atoms with Gasteiger partial charge in [0.25, 0.3) is 5.91 Å². The number of halogens is 1. The Hall–Kier alpha value is -3.02. The maximum absolute atomic E-state index is 13.4. The van der Waals surface area contributed by atoms with E-state index in [4.69, 9.17) is 5.73 Å². The van der Waals surface area contributed by atoms with E-state index < -0.39 is 11.7 Å². The molecule has 0 aliphatic rings. The van der Waals surface area contributed by atoms with E-state index in [2.05, 4.69) is 15.3 Å². The van der Waals surface area contributed by atoms with Gasteiger partial charge in [-0.1, -0.05) is 0 Å². The number of benzene rings is 2. The summed E-state index contributed by atoms with van der Waals surface area (Å²) in [5.41, 5.74) is 7.54. The summed E-state index contributed by atoms with van der Waals surface area (Å²) in [7, 11) is 0. The quantitative estimate of drug-likeness (QED) is 0.708. The summed E-state index contributed by atoms with van der Waals surface area (Å²) in [5, 5.41) is 2.68. The van der Waals surface area contributed by atoms with Crippen LogP contribution in [0, 0.1) is 5.82 Å². The van der Waals surface area contributed by atoms with E-state index in [-0.39, 0.29) is 11.3 Å². The van der Waals surface area contributed by atoms with Crippen molar-refractivity contribution in [2.45, 2.75) is 0 Å². The van der Waals surface area contributed by atoms with Gasteiger partial charge in [-0.15, -0.1) is 0 Å². The van der Waals surface area contributed by atoms with Crippen LogP contribution in [0.3, 0.4) is 0 Å². The number of hydrogen-bond acceptors (Lipinski definition) is 4. The number of nitrogens with two attached hydrogens (primary N) is 1. The number of aromatic nitrogens is 2. The smallest absolute Gasteiger partial charge is 0.255 e. The molecular weight excluding hydrogens is 271 g/mol. The summed E-state index contributed by atoms with van der Waals surface area (Å²) >= 11 is 0. The Morgan fingerprint density at radius 1 is 1.05 bits per heavy atom. The first kappa shape index (κ1) is 13.0. The van der Waals surface area contributed by atoms with E-state index in [1.807, 2.05) is 0 Å². The van der Waals surface area contributed by atoms with Gasteiger partial charge < -0.3 is 11.1 Å². The lowest BCUT2D eigenvalue weighted by Gasteiger charge is -2.07. The standard InChI is InChI=1S/C15H11FN4O/c16-11-7-9(1-3-12(11)17)15(21)20-10-2-4-13-14(8-10)19-6-5-18-13/h1-8H,17H2,(H,20,21). The van der Waals surface area contributed by atoms with Gasteiger partial charge in [-0.3, -0.25) is 14.8 Å². The predicted molar refractivity (Wildman–Crippen MR) is 78.3 cm³/mol. The molecule has 0 radical (unpaired) electrons. The Morgan fingerprint density at radius 3 is 2.57 bits per heavy atom. The summed E-state index contributed by atoms with van der Waals surface area (Å²) in [6.07, 6.45) is 3.17. The molecule has 1 amide bonds. The van der Waals surface area contributed by atoms with Crippen LogP contribution in [-0.4, -0.2) is 15.9 Å². The number of rotatable bonds is 2. The number of amides is 1. The number of nitrogens with one attached hydrogen (secondary N) is 1. The first-order valence-corrected chi connectivity index (χ1v) is 6.20. The lowest BCUT2D eigenvalue weighted by molar-refractivity contribution is 0.102. The Bertz CT molecular complexity index is 835. The Morgan fingerprint density at radius 2 is 1.81 bits per heavy atom. The molecule has 0 spiro atoms. The van der Waals surface area contributed by atoms with Crippen molar-refractivity contribution < 1.29 is 9.18 Å². The number of carbonyl (C=O) groups excluding carboxylic acids is 1. The third-order valence-corrected chi connectivity index (χ3v) is 2.99. The predicted octanol–water partition coefficient (Wildman–Crippen LogP) is 2.60. The Kier molecular flexibility index (Phi) is 3.19. The molecule has 5 nitrogen and oxygen atoms in total. The molecule has 0 atom stereocenters. The SMILES string of the molecule is Nc1ccc(C(=O)Nc2ccc3nccnc3c2)cc1F. The van der Waals surface area contributed by atoms with Crippen LogP contribution < -0.4 is 11.1 Å². The highest BCUT2D eigenvalue weighted by Gasteiger charge is 2.09. The maximum atomic E-state index is 13.4.